The molecule has 6 nitrogen and oxygen atoms in total. The molecule has 108 valence electrons. The van der Waals surface area contributed by atoms with Gasteiger partial charge in [-0.05, 0) is 18.4 Å². The fraction of sp³-hybridized carbons (Fsp3) is 0.500. The van der Waals surface area contributed by atoms with Gasteiger partial charge in [-0.3, -0.25) is 14.9 Å². The molecule has 1 aliphatic rings. The molecule has 20 heavy (non-hydrogen) atoms. The summed E-state index contributed by atoms with van der Waals surface area (Å²) in [5.41, 5.74) is 0.732. The lowest BCUT2D eigenvalue weighted by molar-refractivity contribution is -0.384. The second-order valence-corrected chi connectivity index (χ2v) is 5.13. The van der Waals surface area contributed by atoms with E-state index in [-0.39, 0.29) is 24.1 Å². The third-order valence-electron chi connectivity index (χ3n) is 3.59. The maximum Gasteiger partial charge on any atom is 0.269 e. The number of nitrogens with one attached hydrogen (secondary N) is 1. The maximum atomic E-state index is 11.9. The van der Waals surface area contributed by atoms with Crippen molar-refractivity contribution < 1.29 is 14.8 Å². The smallest absolute Gasteiger partial charge is 0.269 e. The Balaban J connectivity index is 1.89. The van der Waals surface area contributed by atoms with Crippen molar-refractivity contribution >= 4 is 11.6 Å². The normalized spacial score (nSPS) is 22.2. The monoisotopic (exact) mass is 278 g/mol. The lowest BCUT2D eigenvalue weighted by Crippen LogP contribution is -2.45. The molecule has 1 amide bonds. The molecular formula is C14H18N2O4. The summed E-state index contributed by atoms with van der Waals surface area (Å²) in [4.78, 5) is 22.0. The molecule has 0 saturated heterocycles. The molecule has 2 unspecified atom stereocenters. The van der Waals surface area contributed by atoms with Crippen LogP contribution in [0.3, 0.4) is 0 Å². The molecule has 1 fully saturated rings. The number of non-ortho nitro benzene ring substituents is 1. The van der Waals surface area contributed by atoms with Gasteiger partial charge in [0.1, 0.15) is 0 Å². The molecule has 1 saturated carbocycles. The molecule has 0 heterocycles. The van der Waals surface area contributed by atoms with Gasteiger partial charge in [0.15, 0.2) is 0 Å². The molecule has 0 radical (unpaired) electrons. The highest BCUT2D eigenvalue weighted by molar-refractivity contribution is 5.79. The molecule has 0 aliphatic heterocycles. The number of carbonyl (C=O) groups excluding carboxylic acids is 1. The van der Waals surface area contributed by atoms with Gasteiger partial charge in [-0.2, -0.15) is 0 Å². The van der Waals surface area contributed by atoms with Crippen LogP contribution in [0.4, 0.5) is 5.69 Å². The van der Waals surface area contributed by atoms with E-state index in [2.05, 4.69) is 5.32 Å². The van der Waals surface area contributed by atoms with Gasteiger partial charge in [0, 0.05) is 12.1 Å². The van der Waals surface area contributed by atoms with E-state index in [0.29, 0.717) is 0 Å². The van der Waals surface area contributed by atoms with Crippen molar-refractivity contribution in [1.82, 2.24) is 5.32 Å². The maximum absolute atomic E-state index is 11.9. The van der Waals surface area contributed by atoms with Crippen molar-refractivity contribution in [3.8, 4) is 0 Å². The zero-order valence-corrected chi connectivity index (χ0v) is 11.1. The summed E-state index contributed by atoms with van der Waals surface area (Å²) >= 11 is 0. The number of carbonyl (C=O) groups is 1. The minimum atomic E-state index is -0.470. The van der Waals surface area contributed by atoms with E-state index in [9.17, 15) is 20.0 Å². The first kappa shape index (κ1) is 14.5. The Labute approximate surface area is 117 Å². The molecule has 0 aromatic heterocycles. The van der Waals surface area contributed by atoms with Crippen molar-refractivity contribution in [3.05, 3.63) is 39.9 Å². The summed E-state index contributed by atoms with van der Waals surface area (Å²) in [5.74, 6) is -0.162. The number of rotatable bonds is 4. The standard InChI is InChI=1S/C14H18N2O4/c17-13-4-2-1-3-12(13)15-14(18)9-10-5-7-11(8-6-10)16(19)20/h5-8,12-13,17H,1-4,9H2,(H,15,18). The van der Waals surface area contributed by atoms with Gasteiger partial charge in [-0.25, -0.2) is 0 Å². The second-order valence-electron chi connectivity index (χ2n) is 5.13. The second kappa shape index (κ2) is 6.47. The largest absolute Gasteiger partial charge is 0.391 e. The third kappa shape index (κ3) is 3.77. The molecule has 2 atom stereocenters. The molecule has 1 aromatic carbocycles. The number of aliphatic hydroxyl groups is 1. The Morgan fingerprint density at radius 2 is 1.95 bits per heavy atom. The van der Waals surface area contributed by atoms with Crippen LogP contribution in [-0.4, -0.2) is 28.1 Å². The van der Waals surface area contributed by atoms with Gasteiger partial charge in [-0.1, -0.05) is 25.0 Å². The predicted molar refractivity (Wildman–Crippen MR) is 73.2 cm³/mol. The van der Waals surface area contributed by atoms with Gasteiger partial charge < -0.3 is 10.4 Å². The van der Waals surface area contributed by atoms with Crippen LogP contribution >= 0.6 is 0 Å². The Morgan fingerprint density at radius 1 is 1.30 bits per heavy atom. The molecule has 1 aliphatic carbocycles. The number of hydrogen-bond acceptors (Lipinski definition) is 4. The minimum absolute atomic E-state index is 0.0110. The average Bonchev–Trinajstić information content (AvgIpc) is 2.42. The molecule has 0 spiro atoms. The first-order valence-electron chi connectivity index (χ1n) is 6.77. The number of amides is 1. The van der Waals surface area contributed by atoms with Crippen LogP contribution in [0, 0.1) is 10.1 Å². The van der Waals surface area contributed by atoms with E-state index in [1.807, 2.05) is 0 Å². The Bertz CT molecular complexity index is 486. The quantitative estimate of drug-likeness (QED) is 0.645. The lowest BCUT2D eigenvalue weighted by atomic mass is 9.92. The van der Waals surface area contributed by atoms with Crippen LogP contribution in [0.2, 0.25) is 0 Å². The van der Waals surface area contributed by atoms with E-state index in [4.69, 9.17) is 0 Å². The van der Waals surface area contributed by atoms with E-state index < -0.39 is 11.0 Å². The van der Waals surface area contributed by atoms with Crippen molar-refractivity contribution in [2.24, 2.45) is 0 Å². The summed E-state index contributed by atoms with van der Waals surface area (Å²) in [6, 6.07) is 5.76. The van der Waals surface area contributed by atoms with Crippen molar-refractivity contribution in [2.45, 2.75) is 44.2 Å². The van der Waals surface area contributed by atoms with Crippen molar-refractivity contribution in [2.75, 3.05) is 0 Å². The van der Waals surface area contributed by atoms with Crippen LogP contribution in [0.1, 0.15) is 31.2 Å². The van der Waals surface area contributed by atoms with Gasteiger partial charge >= 0.3 is 0 Å². The minimum Gasteiger partial charge on any atom is -0.391 e. The van der Waals surface area contributed by atoms with Crippen molar-refractivity contribution in [1.29, 1.82) is 0 Å². The fourth-order valence-electron chi connectivity index (χ4n) is 2.46. The van der Waals surface area contributed by atoms with Crippen LogP contribution in [-0.2, 0) is 11.2 Å². The lowest BCUT2D eigenvalue weighted by Gasteiger charge is -2.28. The van der Waals surface area contributed by atoms with Gasteiger partial charge in [0.05, 0.1) is 23.5 Å². The Hall–Kier alpha value is -1.95. The summed E-state index contributed by atoms with van der Waals surface area (Å²) in [5, 5.41) is 23.2. The van der Waals surface area contributed by atoms with E-state index in [1.54, 1.807) is 12.1 Å². The van der Waals surface area contributed by atoms with E-state index >= 15 is 0 Å². The highest BCUT2D eigenvalue weighted by atomic mass is 16.6. The number of aliphatic hydroxyl groups excluding tert-OH is 1. The topological polar surface area (TPSA) is 92.5 Å². The summed E-state index contributed by atoms with van der Waals surface area (Å²) < 4.78 is 0. The number of hydrogen-bond donors (Lipinski definition) is 2. The molecular weight excluding hydrogens is 260 g/mol. The average molecular weight is 278 g/mol. The number of benzene rings is 1. The molecule has 1 aromatic rings. The predicted octanol–water partition coefficient (Wildman–Crippen LogP) is 1.56. The summed E-state index contributed by atoms with van der Waals surface area (Å²) in [6.07, 6.45) is 3.23. The van der Waals surface area contributed by atoms with E-state index in [1.165, 1.54) is 12.1 Å². The van der Waals surface area contributed by atoms with Crippen LogP contribution in [0.5, 0.6) is 0 Å². The zero-order chi connectivity index (χ0) is 14.5. The van der Waals surface area contributed by atoms with Crippen LogP contribution in [0.25, 0.3) is 0 Å². The molecule has 2 N–H and O–H groups in total. The van der Waals surface area contributed by atoms with Gasteiger partial charge in [-0.15, -0.1) is 0 Å². The van der Waals surface area contributed by atoms with Gasteiger partial charge in [0.25, 0.3) is 5.69 Å². The highest BCUT2D eigenvalue weighted by Crippen LogP contribution is 2.18. The SMILES string of the molecule is O=C(Cc1ccc([N+](=O)[O-])cc1)NC1CCCCC1O. The molecule has 0 bridgehead atoms. The summed E-state index contributed by atoms with van der Waals surface area (Å²) in [6.45, 7) is 0. The third-order valence-corrected chi connectivity index (χ3v) is 3.59. The van der Waals surface area contributed by atoms with Crippen molar-refractivity contribution in [3.63, 3.8) is 0 Å². The van der Waals surface area contributed by atoms with Crippen LogP contribution in [0.15, 0.2) is 24.3 Å². The molecule has 2 rings (SSSR count). The Morgan fingerprint density at radius 3 is 2.55 bits per heavy atom. The first-order chi connectivity index (χ1) is 9.56. The zero-order valence-electron chi connectivity index (χ0n) is 11.1. The number of nitrogens with zero attached hydrogens (tertiary/aromatic N) is 1. The van der Waals surface area contributed by atoms with E-state index in [0.717, 1.165) is 31.2 Å². The van der Waals surface area contributed by atoms with Crippen LogP contribution < -0.4 is 5.32 Å². The summed E-state index contributed by atoms with van der Waals surface area (Å²) in [7, 11) is 0. The number of nitro groups is 1. The number of nitro benzene ring substituents is 1. The van der Waals surface area contributed by atoms with Gasteiger partial charge in [0.2, 0.25) is 5.91 Å². The first-order valence-corrected chi connectivity index (χ1v) is 6.77. The fourth-order valence-corrected chi connectivity index (χ4v) is 2.46. The molecule has 6 heteroatoms. The highest BCUT2D eigenvalue weighted by Gasteiger charge is 2.24. The Kier molecular flexibility index (Phi) is 4.68.